The monoisotopic (exact) mass is 330 g/mol. The first-order valence-corrected chi connectivity index (χ1v) is 7.66. The van der Waals surface area contributed by atoms with Crippen LogP contribution >= 0.6 is 11.6 Å². The van der Waals surface area contributed by atoms with Gasteiger partial charge in [0.2, 0.25) is 0 Å². The van der Waals surface area contributed by atoms with Crippen LogP contribution in [-0.2, 0) is 4.79 Å². The first-order valence-electron chi connectivity index (χ1n) is 7.28. The number of hydrogen-bond donors (Lipinski definition) is 1. The summed E-state index contributed by atoms with van der Waals surface area (Å²) in [4.78, 5) is 12.0. The Morgan fingerprint density at radius 3 is 2.74 bits per heavy atom. The largest absolute Gasteiger partial charge is 0.481 e. The summed E-state index contributed by atoms with van der Waals surface area (Å²) in [5, 5.41) is 4.59. The Kier molecular flexibility index (Phi) is 5.77. The van der Waals surface area contributed by atoms with Crippen LogP contribution in [0.1, 0.15) is 23.6 Å². The van der Waals surface area contributed by atoms with Crippen LogP contribution < -0.4 is 10.2 Å². The highest BCUT2D eigenvalue weighted by molar-refractivity contribution is 6.30. The molecule has 0 saturated heterocycles. The minimum atomic E-state index is -0.662. The number of hydrogen-bond acceptors (Lipinski definition) is 3. The summed E-state index contributed by atoms with van der Waals surface area (Å²) in [5.41, 5.74) is 5.41. The molecule has 0 aliphatic heterocycles. The van der Waals surface area contributed by atoms with Gasteiger partial charge in [-0.05, 0) is 50.1 Å². The molecule has 0 heterocycles. The number of ether oxygens (including phenoxy) is 1. The van der Waals surface area contributed by atoms with Gasteiger partial charge in [0, 0.05) is 5.02 Å². The van der Waals surface area contributed by atoms with E-state index in [1.54, 1.807) is 31.3 Å². The molecule has 1 unspecified atom stereocenters. The van der Waals surface area contributed by atoms with Crippen molar-refractivity contribution in [3.8, 4) is 5.75 Å². The molecule has 0 aliphatic rings. The second kappa shape index (κ2) is 7.79. The molecule has 120 valence electrons. The minimum absolute atomic E-state index is 0.316. The van der Waals surface area contributed by atoms with Crippen molar-refractivity contribution in [2.75, 3.05) is 0 Å². The number of nitrogens with zero attached hydrogens (tertiary/aromatic N) is 1. The maximum absolute atomic E-state index is 12.0. The van der Waals surface area contributed by atoms with E-state index in [0.717, 1.165) is 16.7 Å². The van der Waals surface area contributed by atoms with Crippen molar-refractivity contribution in [3.05, 3.63) is 64.2 Å². The molecule has 5 heteroatoms. The third kappa shape index (κ3) is 5.11. The molecule has 0 aromatic heterocycles. The van der Waals surface area contributed by atoms with Crippen LogP contribution in [0.3, 0.4) is 0 Å². The zero-order valence-electron chi connectivity index (χ0n) is 13.3. The van der Waals surface area contributed by atoms with Crippen molar-refractivity contribution in [2.24, 2.45) is 5.10 Å². The zero-order valence-corrected chi connectivity index (χ0v) is 14.1. The van der Waals surface area contributed by atoms with E-state index in [0.29, 0.717) is 10.8 Å². The van der Waals surface area contributed by atoms with E-state index in [9.17, 15) is 4.79 Å². The zero-order chi connectivity index (χ0) is 16.8. The van der Waals surface area contributed by atoms with Crippen molar-refractivity contribution in [1.29, 1.82) is 0 Å². The number of carbonyl (C=O) groups excluding carboxylic acids is 1. The predicted molar refractivity (Wildman–Crippen MR) is 93.2 cm³/mol. The second-order valence-corrected chi connectivity index (χ2v) is 5.75. The number of hydrazone groups is 1. The van der Waals surface area contributed by atoms with E-state index in [1.807, 2.05) is 38.1 Å². The van der Waals surface area contributed by atoms with Crippen molar-refractivity contribution >= 4 is 23.7 Å². The van der Waals surface area contributed by atoms with Gasteiger partial charge >= 0.3 is 0 Å². The van der Waals surface area contributed by atoms with Gasteiger partial charge in [-0.3, -0.25) is 4.79 Å². The number of rotatable bonds is 5. The van der Waals surface area contributed by atoms with Gasteiger partial charge in [0.25, 0.3) is 5.91 Å². The Balaban J connectivity index is 1.92. The summed E-state index contributed by atoms with van der Waals surface area (Å²) in [7, 11) is 0. The number of halogens is 1. The number of aryl methyl sites for hydroxylation is 2. The smallest absolute Gasteiger partial charge is 0.280 e. The number of benzene rings is 2. The molecule has 1 N–H and O–H groups in total. The molecule has 4 nitrogen and oxygen atoms in total. The van der Waals surface area contributed by atoms with Crippen LogP contribution in [0.25, 0.3) is 0 Å². The fraction of sp³-hybridized carbons (Fsp3) is 0.222. The standard InChI is InChI=1S/C18H19ClN2O2/c1-12-5-4-6-15(9-12)11-20-21-18(22)14(3)23-17-8-7-16(19)10-13(17)2/h4-11,14H,1-3H3,(H,21,22). The fourth-order valence-electron chi connectivity index (χ4n) is 2.00. The highest BCUT2D eigenvalue weighted by Crippen LogP contribution is 2.22. The SMILES string of the molecule is Cc1cccc(C=NNC(=O)C(C)Oc2ccc(Cl)cc2C)c1. The van der Waals surface area contributed by atoms with Gasteiger partial charge in [-0.15, -0.1) is 0 Å². The number of nitrogens with one attached hydrogen (secondary N) is 1. The van der Waals surface area contributed by atoms with Gasteiger partial charge in [-0.25, -0.2) is 5.43 Å². The molecule has 23 heavy (non-hydrogen) atoms. The Hall–Kier alpha value is -2.33. The van der Waals surface area contributed by atoms with Gasteiger partial charge in [-0.2, -0.15) is 5.10 Å². The van der Waals surface area contributed by atoms with Gasteiger partial charge in [0.1, 0.15) is 5.75 Å². The molecule has 2 aromatic rings. The Morgan fingerprint density at radius 2 is 2.04 bits per heavy atom. The van der Waals surface area contributed by atoms with Crippen LogP contribution in [0, 0.1) is 13.8 Å². The molecule has 0 saturated carbocycles. The van der Waals surface area contributed by atoms with E-state index < -0.39 is 6.10 Å². The summed E-state index contributed by atoms with van der Waals surface area (Å²) >= 11 is 5.90. The molecule has 2 rings (SSSR count). The average molecular weight is 331 g/mol. The lowest BCUT2D eigenvalue weighted by Gasteiger charge is -2.14. The average Bonchev–Trinajstić information content (AvgIpc) is 2.50. The molecule has 1 amide bonds. The molecule has 1 atom stereocenters. The summed E-state index contributed by atoms with van der Waals surface area (Å²) in [6.45, 7) is 5.55. The van der Waals surface area contributed by atoms with Crippen molar-refractivity contribution in [1.82, 2.24) is 5.43 Å². The Labute approximate surface area is 141 Å². The molecular formula is C18H19ClN2O2. The van der Waals surface area contributed by atoms with Crippen molar-refractivity contribution < 1.29 is 9.53 Å². The Morgan fingerprint density at radius 1 is 1.26 bits per heavy atom. The lowest BCUT2D eigenvalue weighted by atomic mass is 10.2. The molecule has 0 aliphatic carbocycles. The molecule has 0 fully saturated rings. The van der Waals surface area contributed by atoms with Gasteiger partial charge in [-0.1, -0.05) is 41.4 Å². The Bertz CT molecular complexity index is 729. The normalized spacial score (nSPS) is 12.2. The van der Waals surface area contributed by atoms with Gasteiger partial charge < -0.3 is 4.74 Å². The minimum Gasteiger partial charge on any atom is -0.481 e. The highest BCUT2D eigenvalue weighted by atomic mass is 35.5. The summed E-state index contributed by atoms with van der Waals surface area (Å²) in [6, 6.07) is 13.1. The second-order valence-electron chi connectivity index (χ2n) is 5.32. The number of amides is 1. The maximum Gasteiger partial charge on any atom is 0.280 e. The maximum atomic E-state index is 12.0. The van der Waals surface area contributed by atoms with E-state index in [-0.39, 0.29) is 5.91 Å². The lowest BCUT2D eigenvalue weighted by Crippen LogP contribution is -2.33. The van der Waals surface area contributed by atoms with Crippen LogP contribution in [0.15, 0.2) is 47.6 Å². The molecule has 2 aromatic carbocycles. The first kappa shape index (κ1) is 17.0. The van der Waals surface area contributed by atoms with Crippen LogP contribution in [0.4, 0.5) is 0 Å². The van der Waals surface area contributed by atoms with E-state index in [2.05, 4.69) is 10.5 Å². The van der Waals surface area contributed by atoms with Gasteiger partial charge in [0.05, 0.1) is 6.21 Å². The van der Waals surface area contributed by atoms with Gasteiger partial charge in [0.15, 0.2) is 6.10 Å². The molecule has 0 spiro atoms. The third-order valence-electron chi connectivity index (χ3n) is 3.24. The predicted octanol–water partition coefficient (Wildman–Crippen LogP) is 3.87. The molecular weight excluding hydrogens is 312 g/mol. The molecule has 0 bridgehead atoms. The number of carbonyl (C=O) groups is 1. The van der Waals surface area contributed by atoms with E-state index in [1.165, 1.54) is 0 Å². The molecule has 0 radical (unpaired) electrons. The summed E-state index contributed by atoms with van der Waals surface area (Å²) in [5.74, 6) is 0.308. The quantitative estimate of drug-likeness (QED) is 0.668. The first-order chi connectivity index (χ1) is 11.0. The van der Waals surface area contributed by atoms with Crippen LogP contribution in [0.5, 0.6) is 5.75 Å². The summed E-state index contributed by atoms with van der Waals surface area (Å²) in [6.07, 6.45) is 0.940. The summed E-state index contributed by atoms with van der Waals surface area (Å²) < 4.78 is 5.64. The van der Waals surface area contributed by atoms with E-state index in [4.69, 9.17) is 16.3 Å². The van der Waals surface area contributed by atoms with Crippen LogP contribution in [-0.4, -0.2) is 18.2 Å². The van der Waals surface area contributed by atoms with Crippen molar-refractivity contribution in [2.45, 2.75) is 26.9 Å². The fourth-order valence-corrected chi connectivity index (χ4v) is 2.23. The highest BCUT2D eigenvalue weighted by Gasteiger charge is 2.15. The third-order valence-corrected chi connectivity index (χ3v) is 3.48. The van der Waals surface area contributed by atoms with Crippen molar-refractivity contribution in [3.63, 3.8) is 0 Å². The topological polar surface area (TPSA) is 50.7 Å². The lowest BCUT2D eigenvalue weighted by molar-refractivity contribution is -0.127. The van der Waals surface area contributed by atoms with Crippen LogP contribution in [0.2, 0.25) is 5.02 Å². The van der Waals surface area contributed by atoms with E-state index >= 15 is 0 Å².